The van der Waals surface area contributed by atoms with Gasteiger partial charge in [0.05, 0.1) is 18.6 Å². The van der Waals surface area contributed by atoms with Gasteiger partial charge >= 0.3 is 0 Å². The van der Waals surface area contributed by atoms with Gasteiger partial charge in [-0.15, -0.1) is 0 Å². The molecular formula is C13H22N4O2. The van der Waals surface area contributed by atoms with Gasteiger partial charge in [0.15, 0.2) is 0 Å². The molecule has 19 heavy (non-hydrogen) atoms. The third-order valence-corrected chi connectivity index (χ3v) is 3.96. The average Bonchev–Trinajstić information content (AvgIpc) is 2.98. The predicted octanol–water partition coefficient (Wildman–Crippen LogP) is 0.369. The van der Waals surface area contributed by atoms with Crippen LogP contribution in [0.3, 0.4) is 0 Å². The molecule has 1 amide bonds. The van der Waals surface area contributed by atoms with Crippen LogP contribution < -0.4 is 5.73 Å². The third-order valence-electron chi connectivity index (χ3n) is 3.96. The zero-order valence-electron chi connectivity index (χ0n) is 11.6. The molecule has 0 bridgehead atoms. The lowest BCUT2D eigenvalue weighted by Gasteiger charge is -2.35. The molecule has 1 aromatic heterocycles. The van der Waals surface area contributed by atoms with Crippen LogP contribution in [0.4, 0.5) is 0 Å². The number of rotatable bonds is 6. The molecule has 2 rings (SSSR count). The Kier molecular flexibility index (Phi) is 4.21. The van der Waals surface area contributed by atoms with Gasteiger partial charge in [-0.2, -0.15) is 0 Å². The van der Waals surface area contributed by atoms with Crippen LogP contribution in [-0.2, 0) is 22.6 Å². The highest BCUT2D eigenvalue weighted by molar-refractivity contribution is 5.85. The number of nitrogens with zero attached hydrogens (tertiary/aromatic N) is 3. The van der Waals surface area contributed by atoms with E-state index < -0.39 is 5.54 Å². The van der Waals surface area contributed by atoms with Crippen LogP contribution in [0.25, 0.3) is 0 Å². The van der Waals surface area contributed by atoms with Crippen molar-refractivity contribution >= 4 is 5.91 Å². The van der Waals surface area contributed by atoms with E-state index >= 15 is 0 Å². The number of aryl methyl sites for hydroxylation is 1. The lowest BCUT2D eigenvalue weighted by atomic mass is 9.96. The van der Waals surface area contributed by atoms with E-state index in [4.69, 9.17) is 10.5 Å². The molecule has 1 aliphatic heterocycles. The number of aromatic nitrogens is 2. The molecule has 0 aliphatic carbocycles. The third kappa shape index (κ3) is 2.50. The predicted molar refractivity (Wildman–Crippen MR) is 71.3 cm³/mol. The number of imidazole rings is 1. The number of carbonyl (C=O) groups excluding carboxylic acids is 1. The van der Waals surface area contributed by atoms with Crippen molar-refractivity contribution in [2.75, 3.05) is 20.3 Å². The first-order chi connectivity index (χ1) is 9.14. The summed E-state index contributed by atoms with van der Waals surface area (Å²) in [6.07, 6.45) is 5.39. The first kappa shape index (κ1) is 14.0. The number of amides is 1. The van der Waals surface area contributed by atoms with E-state index in [2.05, 4.69) is 21.4 Å². The number of likely N-dealkylation sites (tertiary alicyclic amines) is 1. The molecule has 1 saturated heterocycles. The second-order valence-corrected chi connectivity index (χ2v) is 5.02. The molecule has 1 atom stereocenters. The van der Waals surface area contributed by atoms with E-state index in [9.17, 15) is 4.79 Å². The SMILES string of the molecule is CCn1cncc1CN1CCCC1(COC)C(N)=O. The van der Waals surface area contributed by atoms with Crippen molar-refractivity contribution in [1.29, 1.82) is 0 Å². The van der Waals surface area contributed by atoms with Crippen LogP contribution >= 0.6 is 0 Å². The summed E-state index contributed by atoms with van der Waals surface area (Å²) in [6, 6.07) is 0. The van der Waals surface area contributed by atoms with Crippen LogP contribution in [0.15, 0.2) is 12.5 Å². The number of nitrogens with two attached hydrogens (primary N) is 1. The summed E-state index contributed by atoms with van der Waals surface area (Å²) in [5.41, 5.74) is 6.06. The van der Waals surface area contributed by atoms with E-state index in [1.807, 2.05) is 12.5 Å². The fourth-order valence-corrected chi connectivity index (χ4v) is 2.88. The van der Waals surface area contributed by atoms with Crippen molar-refractivity contribution < 1.29 is 9.53 Å². The van der Waals surface area contributed by atoms with Crippen molar-refractivity contribution in [3.63, 3.8) is 0 Å². The first-order valence-electron chi connectivity index (χ1n) is 6.67. The van der Waals surface area contributed by atoms with Gasteiger partial charge in [-0.3, -0.25) is 9.69 Å². The van der Waals surface area contributed by atoms with Crippen LogP contribution in [0, 0.1) is 0 Å². The van der Waals surface area contributed by atoms with Gasteiger partial charge in [-0.25, -0.2) is 4.98 Å². The van der Waals surface area contributed by atoms with Gasteiger partial charge < -0.3 is 15.0 Å². The summed E-state index contributed by atoms with van der Waals surface area (Å²) < 4.78 is 7.31. The summed E-state index contributed by atoms with van der Waals surface area (Å²) >= 11 is 0. The van der Waals surface area contributed by atoms with Gasteiger partial charge in [-0.1, -0.05) is 0 Å². The Labute approximate surface area is 113 Å². The minimum Gasteiger partial charge on any atom is -0.382 e. The number of methoxy groups -OCH3 is 1. The molecule has 1 unspecified atom stereocenters. The van der Waals surface area contributed by atoms with Gasteiger partial charge in [0.1, 0.15) is 5.54 Å². The first-order valence-corrected chi connectivity index (χ1v) is 6.67. The highest BCUT2D eigenvalue weighted by atomic mass is 16.5. The fraction of sp³-hybridized carbons (Fsp3) is 0.692. The van der Waals surface area contributed by atoms with Gasteiger partial charge in [-0.05, 0) is 26.3 Å². The van der Waals surface area contributed by atoms with Gasteiger partial charge in [0, 0.05) is 26.4 Å². The van der Waals surface area contributed by atoms with Crippen LogP contribution in [0.1, 0.15) is 25.5 Å². The minimum absolute atomic E-state index is 0.297. The molecule has 1 fully saturated rings. The number of primary amides is 1. The van der Waals surface area contributed by atoms with Crippen LogP contribution in [-0.4, -0.2) is 46.2 Å². The minimum atomic E-state index is -0.669. The van der Waals surface area contributed by atoms with Crippen molar-refractivity contribution in [3.05, 3.63) is 18.2 Å². The van der Waals surface area contributed by atoms with Crippen molar-refractivity contribution in [1.82, 2.24) is 14.5 Å². The topological polar surface area (TPSA) is 73.4 Å². The number of carbonyl (C=O) groups is 1. The molecule has 6 nitrogen and oxygen atoms in total. The summed E-state index contributed by atoms with van der Waals surface area (Å²) in [6.45, 7) is 4.84. The molecule has 6 heteroatoms. The lowest BCUT2D eigenvalue weighted by molar-refractivity contribution is -0.132. The standard InChI is InChI=1S/C13H22N4O2/c1-3-16-10-15-7-11(16)8-17-6-4-5-13(17,9-19-2)12(14)18/h7,10H,3-6,8-9H2,1-2H3,(H2,14,18). The number of ether oxygens (including phenoxy) is 1. The normalized spacial score (nSPS) is 23.9. The molecule has 1 aromatic rings. The Morgan fingerprint density at radius 1 is 1.63 bits per heavy atom. The van der Waals surface area contributed by atoms with E-state index in [0.717, 1.165) is 31.6 Å². The zero-order valence-corrected chi connectivity index (χ0v) is 11.6. The summed E-state index contributed by atoms with van der Waals surface area (Å²) in [7, 11) is 1.61. The number of hydrogen-bond donors (Lipinski definition) is 1. The Balaban J connectivity index is 2.20. The lowest BCUT2D eigenvalue weighted by Crippen LogP contribution is -2.56. The van der Waals surface area contributed by atoms with Crippen LogP contribution in [0.5, 0.6) is 0 Å². The van der Waals surface area contributed by atoms with E-state index in [0.29, 0.717) is 13.2 Å². The maximum absolute atomic E-state index is 11.9. The monoisotopic (exact) mass is 266 g/mol. The van der Waals surface area contributed by atoms with Crippen molar-refractivity contribution in [2.24, 2.45) is 5.73 Å². The molecule has 0 radical (unpaired) electrons. The second-order valence-electron chi connectivity index (χ2n) is 5.02. The van der Waals surface area contributed by atoms with E-state index in [-0.39, 0.29) is 5.91 Å². The zero-order chi connectivity index (χ0) is 13.9. The molecular weight excluding hydrogens is 244 g/mol. The molecule has 0 aromatic carbocycles. The smallest absolute Gasteiger partial charge is 0.240 e. The van der Waals surface area contributed by atoms with Crippen molar-refractivity contribution in [2.45, 2.75) is 38.4 Å². The molecule has 106 valence electrons. The Hall–Kier alpha value is -1.40. The Morgan fingerprint density at radius 2 is 2.42 bits per heavy atom. The summed E-state index contributed by atoms with van der Waals surface area (Å²) in [5, 5.41) is 0. The number of hydrogen-bond acceptors (Lipinski definition) is 4. The average molecular weight is 266 g/mol. The maximum atomic E-state index is 11.9. The van der Waals surface area contributed by atoms with E-state index in [1.54, 1.807) is 7.11 Å². The summed E-state index contributed by atoms with van der Waals surface area (Å²) in [4.78, 5) is 18.2. The Bertz CT molecular complexity index is 446. The Morgan fingerprint density at radius 3 is 3.05 bits per heavy atom. The van der Waals surface area contributed by atoms with Gasteiger partial charge in [0.2, 0.25) is 5.91 Å². The molecule has 2 N–H and O–H groups in total. The highest BCUT2D eigenvalue weighted by Crippen LogP contribution is 2.31. The quantitative estimate of drug-likeness (QED) is 0.807. The molecule has 2 heterocycles. The molecule has 0 spiro atoms. The second kappa shape index (κ2) is 5.71. The van der Waals surface area contributed by atoms with Crippen molar-refractivity contribution in [3.8, 4) is 0 Å². The fourth-order valence-electron chi connectivity index (χ4n) is 2.88. The highest BCUT2D eigenvalue weighted by Gasteiger charge is 2.46. The largest absolute Gasteiger partial charge is 0.382 e. The van der Waals surface area contributed by atoms with E-state index in [1.165, 1.54) is 0 Å². The van der Waals surface area contributed by atoms with Gasteiger partial charge in [0.25, 0.3) is 0 Å². The summed E-state index contributed by atoms with van der Waals surface area (Å²) in [5.74, 6) is -0.297. The molecule has 0 saturated carbocycles. The maximum Gasteiger partial charge on any atom is 0.240 e. The van der Waals surface area contributed by atoms with Crippen LogP contribution in [0.2, 0.25) is 0 Å². The molecule has 1 aliphatic rings.